The smallest absolute Gasteiger partial charge is 0.314 e. The predicted molar refractivity (Wildman–Crippen MR) is 84.0 cm³/mol. The van der Waals surface area contributed by atoms with E-state index in [9.17, 15) is 9.90 Å². The molecule has 0 spiro atoms. The zero-order valence-electron chi connectivity index (χ0n) is 12.7. The quantitative estimate of drug-likeness (QED) is 0.858. The molecule has 2 fully saturated rings. The lowest BCUT2D eigenvalue weighted by Gasteiger charge is -2.26. The van der Waals surface area contributed by atoms with E-state index in [0.29, 0.717) is 41.9 Å². The lowest BCUT2D eigenvalue weighted by Crippen LogP contribution is -2.32. The average Bonchev–Trinajstić information content (AvgIpc) is 3.18. The monoisotopic (exact) mass is 324 g/mol. The van der Waals surface area contributed by atoms with Gasteiger partial charge < -0.3 is 14.6 Å². The number of hydrogen-bond acceptors (Lipinski definition) is 3. The minimum Gasteiger partial charge on any atom is -0.493 e. The Morgan fingerprint density at radius 2 is 2.05 bits per heavy atom. The number of methoxy groups -OCH3 is 1. The molecule has 0 heterocycles. The summed E-state index contributed by atoms with van der Waals surface area (Å²) in [6.45, 7) is 0.638. The molecule has 1 aromatic carbocycles. The van der Waals surface area contributed by atoms with Crippen molar-refractivity contribution in [2.24, 2.45) is 5.92 Å². The molecule has 2 saturated carbocycles. The van der Waals surface area contributed by atoms with Crippen LogP contribution in [0.5, 0.6) is 11.5 Å². The van der Waals surface area contributed by atoms with Crippen LogP contribution in [0.15, 0.2) is 12.1 Å². The first-order chi connectivity index (χ1) is 10.6. The molecule has 5 heteroatoms. The van der Waals surface area contributed by atoms with Gasteiger partial charge in [0.25, 0.3) is 0 Å². The molecule has 120 valence electrons. The topological polar surface area (TPSA) is 55.8 Å². The molecule has 1 N–H and O–H groups in total. The van der Waals surface area contributed by atoms with Gasteiger partial charge in [0.2, 0.25) is 0 Å². The van der Waals surface area contributed by atoms with E-state index in [-0.39, 0.29) is 0 Å². The molecule has 0 saturated heterocycles. The number of aliphatic carboxylic acids is 1. The van der Waals surface area contributed by atoms with E-state index in [2.05, 4.69) is 0 Å². The summed E-state index contributed by atoms with van der Waals surface area (Å²) < 4.78 is 11.2. The van der Waals surface area contributed by atoms with Crippen molar-refractivity contribution in [1.82, 2.24) is 0 Å². The summed E-state index contributed by atoms with van der Waals surface area (Å²) in [6.07, 6.45) is 5.52. The largest absolute Gasteiger partial charge is 0.493 e. The zero-order chi connectivity index (χ0) is 15.7. The number of carboxylic acid groups (broad SMARTS) is 1. The second kappa shape index (κ2) is 5.99. The Labute approximate surface area is 135 Å². The van der Waals surface area contributed by atoms with Crippen LogP contribution < -0.4 is 9.47 Å². The highest BCUT2D eigenvalue weighted by Gasteiger charge is 2.43. The van der Waals surface area contributed by atoms with Crippen LogP contribution >= 0.6 is 11.6 Å². The van der Waals surface area contributed by atoms with E-state index >= 15 is 0 Å². The Hall–Kier alpha value is -1.42. The summed E-state index contributed by atoms with van der Waals surface area (Å²) in [4.78, 5) is 11.8. The Bertz CT molecular complexity index is 574. The first-order valence-electron chi connectivity index (χ1n) is 7.81. The number of hydrogen-bond donors (Lipinski definition) is 1. The number of benzene rings is 1. The third-order valence-corrected chi connectivity index (χ3v) is 5.09. The molecule has 0 radical (unpaired) electrons. The van der Waals surface area contributed by atoms with Crippen molar-refractivity contribution in [3.05, 3.63) is 22.7 Å². The van der Waals surface area contributed by atoms with Crippen molar-refractivity contribution >= 4 is 17.6 Å². The molecular formula is C17H21ClO4. The highest BCUT2D eigenvalue weighted by atomic mass is 35.5. The molecule has 2 aliphatic rings. The van der Waals surface area contributed by atoms with E-state index in [4.69, 9.17) is 21.1 Å². The first kappa shape index (κ1) is 15.5. The van der Waals surface area contributed by atoms with Crippen LogP contribution in [0.4, 0.5) is 0 Å². The fraction of sp³-hybridized carbons (Fsp3) is 0.588. The molecule has 1 aromatic rings. The van der Waals surface area contributed by atoms with E-state index in [1.165, 1.54) is 12.8 Å². The summed E-state index contributed by atoms with van der Waals surface area (Å²) in [6, 6.07) is 3.53. The van der Waals surface area contributed by atoms with Gasteiger partial charge in [-0.2, -0.15) is 0 Å². The first-order valence-corrected chi connectivity index (χ1v) is 8.19. The van der Waals surface area contributed by atoms with Gasteiger partial charge in [0.15, 0.2) is 11.5 Å². The molecule has 4 nitrogen and oxygen atoms in total. The van der Waals surface area contributed by atoms with E-state index in [0.717, 1.165) is 18.4 Å². The molecule has 2 aliphatic carbocycles. The van der Waals surface area contributed by atoms with Crippen molar-refractivity contribution < 1.29 is 19.4 Å². The Kier molecular flexibility index (Phi) is 4.22. The molecule has 0 aromatic heterocycles. The van der Waals surface area contributed by atoms with Crippen molar-refractivity contribution in [3.8, 4) is 11.5 Å². The summed E-state index contributed by atoms with van der Waals surface area (Å²) in [5, 5.41) is 10.1. The lowest BCUT2D eigenvalue weighted by atomic mass is 9.79. The summed E-state index contributed by atoms with van der Waals surface area (Å²) in [7, 11) is 1.56. The maximum absolute atomic E-state index is 11.8. The Morgan fingerprint density at radius 3 is 2.59 bits per heavy atom. The van der Waals surface area contributed by atoms with Crippen LogP contribution in [-0.4, -0.2) is 24.8 Å². The van der Waals surface area contributed by atoms with Gasteiger partial charge in [-0.25, -0.2) is 0 Å². The maximum atomic E-state index is 11.8. The maximum Gasteiger partial charge on any atom is 0.314 e. The van der Waals surface area contributed by atoms with Crippen LogP contribution in [-0.2, 0) is 10.2 Å². The summed E-state index contributed by atoms with van der Waals surface area (Å²) in [5.41, 5.74) is -0.121. The normalized spacial score (nSPS) is 19.9. The van der Waals surface area contributed by atoms with Crippen molar-refractivity contribution in [2.75, 3.05) is 13.7 Å². The third-order valence-electron chi connectivity index (χ3n) is 4.81. The van der Waals surface area contributed by atoms with Gasteiger partial charge in [-0.1, -0.05) is 24.4 Å². The van der Waals surface area contributed by atoms with Crippen molar-refractivity contribution in [3.63, 3.8) is 0 Å². The number of carbonyl (C=O) groups is 1. The Balaban J connectivity index is 1.95. The molecule has 0 aliphatic heterocycles. The van der Waals surface area contributed by atoms with E-state index in [1.54, 1.807) is 19.2 Å². The molecule has 22 heavy (non-hydrogen) atoms. The number of rotatable bonds is 6. The van der Waals surface area contributed by atoms with Crippen molar-refractivity contribution in [1.29, 1.82) is 0 Å². The fourth-order valence-electron chi connectivity index (χ4n) is 3.23. The second-order valence-corrected chi connectivity index (χ2v) is 6.75. The lowest BCUT2D eigenvalue weighted by molar-refractivity contribution is -0.143. The van der Waals surface area contributed by atoms with Gasteiger partial charge in [0.05, 0.1) is 24.2 Å². The van der Waals surface area contributed by atoms with Gasteiger partial charge >= 0.3 is 5.97 Å². The average molecular weight is 325 g/mol. The van der Waals surface area contributed by atoms with Crippen LogP contribution in [0.3, 0.4) is 0 Å². The van der Waals surface area contributed by atoms with Gasteiger partial charge in [-0.3, -0.25) is 4.79 Å². The van der Waals surface area contributed by atoms with Crippen molar-refractivity contribution in [2.45, 2.75) is 43.9 Å². The minimum absolute atomic E-state index is 0.433. The van der Waals surface area contributed by atoms with E-state index in [1.807, 2.05) is 0 Å². The SMILES string of the molecule is COc1cc(C2(C(=O)O)CCCC2)cc(Cl)c1OCC1CC1. The molecule has 3 rings (SSSR count). The van der Waals surface area contributed by atoms with Gasteiger partial charge in [0, 0.05) is 0 Å². The second-order valence-electron chi connectivity index (χ2n) is 6.34. The third kappa shape index (κ3) is 2.76. The number of ether oxygens (including phenoxy) is 2. The fourth-order valence-corrected chi connectivity index (χ4v) is 3.49. The van der Waals surface area contributed by atoms with Crippen LogP contribution in [0.1, 0.15) is 44.1 Å². The highest BCUT2D eigenvalue weighted by molar-refractivity contribution is 6.32. The van der Waals surface area contributed by atoms with Crippen LogP contribution in [0, 0.1) is 5.92 Å². The summed E-state index contributed by atoms with van der Waals surface area (Å²) in [5.74, 6) is 0.879. The molecule has 0 amide bonds. The number of carboxylic acids is 1. The van der Waals surface area contributed by atoms with Crippen LogP contribution in [0.2, 0.25) is 5.02 Å². The molecular weight excluding hydrogens is 304 g/mol. The van der Waals surface area contributed by atoms with Gasteiger partial charge in [0.1, 0.15) is 0 Å². The van der Waals surface area contributed by atoms with Gasteiger partial charge in [-0.15, -0.1) is 0 Å². The summed E-state index contributed by atoms with van der Waals surface area (Å²) >= 11 is 6.36. The molecule has 0 unspecified atom stereocenters. The zero-order valence-corrected chi connectivity index (χ0v) is 13.5. The number of halogens is 1. The minimum atomic E-state index is -0.841. The predicted octanol–water partition coefficient (Wildman–Crippen LogP) is 4.03. The molecule has 0 bridgehead atoms. The van der Waals surface area contributed by atoms with Gasteiger partial charge in [-0.05, 0) is 49.3 Å². The van der Waals surface area contributed by atoms with E-state index < -0.39 is 11.4 Å². The Morgan fingerprint density at radius 1 is 1.36 bits per heavy atom. The highest BCUT2D eigenvalue weighted by Crippen LogP contribution is 2.46. The van der Waals surface area contributed by atoms with Crippen LogP contribution in [0.25, 0.3) is 0 Å². The standard InChI is InChI=1S/C17H21ClO4/c1-21-14-9-12(17(16(19)20)6-2-3-7-17)8-13(18)15(14)22-10-11-4-5-11/h8-9,11H,2-7,10H2,1H3,(H,19,20). The molecule has 0 atom stereocenters.